The smallest absolute Gasteiger partial charge is 0.546 e. The number of benzene rings is 3. The summed E-state index contributed by atoms with van der Waals surface area (Å²) in [6, 6.07) is 22.2. The van der Waals surface area contributed by atoms with Crippen LogP contribution in [0.1, 0.15) is 29.2 Å². The van der Waals surface area contributed by atoms with Gasteiger partial charge in [-0.1, -0.05) is 73.3 Å². The minimum absolute atomic E-state index is 0. The van der Waals surface area contributed by atoms with Gasteiger partial charge in [0.25, 0.3) is 0 Å². The Morgan fingerprint density at radius 1 is 0.900 bits per heavy atom. The van der Waals surface area contributed by atoms with E-state index >= 15 is 0 Å². The zero-order valence-corrected chi connectivity index (χ0v) is 21.1. The maximum absolute atomic E-state index is 11.4. The first kappa shape index (κ1) is 25.6. The van der Waals surface area contributed by atoms with Gasteiger partial charge in [-0.25, -0.2) is 0 Å². The van der Waals surface area contributed by atoms with E-state index in [0.29, 0.717) is 23.7 Å². The molecule has 0 atom stereocenters. The monoisotopic (exact) mass is 626 g/mol. The number of rotatable bonds is 8. The van der Waals surface area contributed by atoms with Crippen LogP contribution in [0.15, 0.2) is 79.4 Å². The van der Waals surface area contributed by atoms with E-state index in [1.165, 1.54) is 6.07 Å². The van der Waals surface area contributed by atoms with Crippen molar-refractivity contribution in [1.29, 1.82) is 0 Å². The van der Waals surface area contributed by atoms with E-state index < -0.39 is 0 Å². The van der Waals surface area contributed by atoms with Crippen molar-refractivity contribution in [2.75, 3.05) is 0 Å². The molecule has 0 unspecified atom stereocenters. The Morgan fingerprint density at radius 3 is 1.80 bits per heavy atom. The molecule has 0 aliphatic rings. The normalized spacial score (nSPS) is 9.40. The van der Waals surface area contributed by atoms with Crippen molar-refractivity contribution in [2.24, 2.45) is 0 Å². The summed E-state index contributed by atoms with van der Waals surface area (Å²) >= 11 is 0. The molecule has 1 N–H and O–H groups in total. The molecule has 3 aromatic rings. The van der Waals surface area contributed by atoms with Gasteiger partial charge in [0.05, 0.1) is 18.6 Å². The summed E-state index contributed by atoms with van der Waals surface area (Å²) in [7, 11) is 0. The van der Waals surface area contributed by atoms with Crippen LogP contribution in [0.5, 0.6) is 11.5 Å². The Labute approximate surface area is 201 Å². The Kier molecular flexibility index (Phi) is 11.7. The Bertz CT molecular complexity index is 925. The first-order valence-electron chi connectivity index (χ1n) is 9.16. The van der Waals surface area contributed by atoms with E-state index in [-0.39, 0.29) is 49.0 Å². The van der Waals surface area contributed by atoms with Crippen LogP contribution in [0.25, 0.3) is 5.76 Å². The fourth-order valence-corrected chi connectivity index (χ4v) is 2.57. The second-order valence-electron chi connectivity index (χ2n) is 5.94. The minimum atomic E-state index is -0.167. The molecule has 0 aliphatic heterocycles. The molecule has 0 radical (unpaired) electrons. The van der Waals surface area contributed by atoms with Gasteiger partial charge in [-0.05, 0) is 11.1 Å². The molecule has 0 heterocycles. The third-order valence-electron chi connectivity index (χ3n) is 3.98. The quantitative estimate of drug-likeness (QED) is 0.259. The van der Waals surface area contributed by atoms with Gasteiger partial charge in [0.1, 0.15) is 12.4 Å². The predicted molar refractivity (Wildman–Crippen MR) is 115 cm³/mol. The Morgan fingerprint density at radius 2 is 1.37 bits per heavy atom. The van der Waals surface area contributed by atoms with Crippen LogP contribution >= 0.6 is 0 Å². The van der Waals surface area contributed by atoms with Gasteiger partial charge in [-0.2, -0.15) is 6.92 Å². The maximum atomic E-state index is 11.4. The average molecular weight is 626 g/mol. The van der Waals surface area contributed by atoms with E-state index in [0.717, 1.165) is 11.1 Å². The van der Waals surface area contributed by atoms with Gasteiger partial charge >= 0.3 is 31.1 Å². The van der Waals surface area contributed by atoms with E-state index in [4.69, 9.17) is 9.47 Å². The SMILES string of the molecule is C=C(O)c1cc(OCc2ccccc2)c([C-]=O)cc1OCc1ccccc1.[CH2-]C.[U+2]. The standard InChI is InChI=1S/C23H19O4.C2H5.U/c1-17(25)21-13-22(26-15-18-8-4-2-5-9-18)20(14-24)12-23(21)27-16-19-10-6-3-7-11-19;1-2;/h2-13,25H,1,15-16H2;1H2,2H3;/q2*-1;+2. The van der Waals surface area contributed by atoms with E-state index in [1.54, 1.807) is 13.0 Å². The number of aliphatic hydroxyl groups excluding tert-OH is 1. The van der Waals surface area contributed by atoms with Crippen LogP contribution in [-0.2, 0) is 18.0 Å². The number of hydrogen-bond donors (Lipinski definition) is 1. The molecule has 3 aromatic carbocycles. The molecule has 0 bridgehead atoms. The molecule has 0 spiro atoms. The predicted octanol–water partition coefficient (Wildman–Crippen LogP) is 5.67. The van der Waals surface area contributed by atoms with E-state index in [9.17, 15) is 9.90 Å². The molecule has 3 rings (SSSR count). The van der Waals surface area contributed by atoms with Gasteiger partial charge in [-0.3, -0.25) is 0 Å². The zero-order chi connectivity index (χ0) is 21.1. The minimum Gasteiger partial charge on any atom is -0.546 e. The number of hydrogen-bond acceptors (Lipinski definition) is 4. The largest absolute Gasteiger partial charge is 2.00 e. The summed E-state index contributed by atoms with van der Waals surface area (Å²) in [5.41, 5.74) is 2.52. The van der Waals surface area contributed by atoms with Gasteiger partial charge in [0.15, 0.2) is 0 Å². The summed E-state index contributed by atoms with van der Waals surface area (Å²) < 4.78 is 11.5. The van der Waals surface area contributed by atoms with Crippen molar-refractivity contribution < 1.29 is 50.5 Å². The van der Waals surface area contributed by atoms with Gasteiger partial charge in [0.2, 0.25) is 0 Å². The van der Waals surface area contributed by atoms with Crippen molar-refractivity contribution in [3.05, 3.63) is 109 Å². The molecule has 0 saturated carbocycles. The zero-order valence-electron chi connectivity index (χ0n) is 16.9. The fourth-order valence-electron chi connectivity index (χ4n) is 2.57. The van der Waals surface area contributed by atoms with Crippen LogP contribution < -0.4 is 9.47 Å². The average Bonchev–Trinajstić information content (AvgIpc) is 2.78. The van der Waals surface area contributed by atoms with Crippen molar-refractivity contribution >= 4 is 12.0 Å². The molecule has 5 heteroatoms. The van der Waals surface area contributed by atoms with Crippen LogP contribution in [0.3, 0.4) is 0 Å². The Hall–Kier alpha value is -2.48. The molecule has 0 aromatic heterocycles. The van der Waals surface area contributed by atoms with Gasteiger partial charge in [-0.15, -0.1) is 11.6 Å². The topological polar surface area (TPSA) is 55.8 Å². The second kappa shape index (κ2) is 13.7. The molecule has 152 valence electrons. The summed E-state index contributed by atoms with van der Waals surface area (Å²) in [5.74, 6) is 0.489. The molecule has 30 heavy (non-hydrogen) atoms. The van der Waals surface area contributed by atoms with Gasteiger partial charge < -0.3 is 26.3 Å². The molecule has 0 amide bonds. The van der Waals surface area contributed by atoms with Crippen molar-refractivity contribution in [3.63, 3.8) is 0 Å². The van der Waals surface area contributed by atoms with Crippen LogP contribution in [0.4, 0.5) is 0 Å². The third-order valence-corrected chi connectivity index (χ3v) is 3.98. The molecule has 0 saturated heterocycles. The van der Waals surface area contributed by atoms with Crippen molar-refractivity contribution in [3.8, 4) is 11.5 Å². The van der Waals surface area contributed by atoms with E-state index in [2.05, 4.69) is 13.5 Å². The molecular weight excluding hydrogens is 602 g/mol. The maximum Gasteiger partial charge on any atom is 2.00 e. The van der Waals surface area contributed by atoms with Crippen LogP contribution in [-0.4, -0.2) is 11.4 Å². The van der Waals surface area contributed by atoms with Gasteiger partial charge in [0, 0.05) is 11.3 Å². The number of aliphatic hydroxyl groups is 1. The molecule has 0 aliphatic carbocycles. The third kappa shape index (κ3) is 7.41. The van der Waals surface area contributed by atoms with Crippen molar-refractivity contribution in [2.45, 2.75) is 20.1 Å². The van der Waals surface area contributed by atoms with E-state index in [1.807, 2.05) is 66.9 Å². The number of ether oxygens (including phenoxy) is 2. The fraction of sp³-hybridized carbons (Fsp3) is 0.120. The summed E-state index contributed by atoms with van der Waals surface area (Å²) in [6.45, 7) is 9.16. The first-order chi connectivity index (χ1) is 14.2. The first-order valence-corrected chi connectivity index (χ1v) is 9.16. The summed E-state index contributed by atoms with van der Waals surface area (Å²) in [5, 5.41) is 9.95. The van der Waals surface area contributed by atoms with Crippen molar-refractivity contribution in [1.82, 2.24) is 0 Å². The molecule has 0 fully saturated rings. The van der Waals surface area contributed by atoms with Crippen LogP contribution in [0, 0.1) is 38.0 Å². The van der Waals surface area contributed by atoms with Crippen LogP contribution in [0.2, 0.25) is 0 Å². The number of carbonyl (C=O) groups excluding carboxylic acids is 1. The Balaban J connectivity index is 0.00000146. The molecular formula is C25H24O4U. The molecule has 4 nitrogen and oxygen atoms in total. The summed E-state index contributed by atoms with van der Waals surface area (Å²) in [6.07, 6.45) is 1.87. The summed E-state index contributed by atoms with van der Waals surface area (Å²) in [4.78, 5) is 11.4. The second-order valence-corrected chi connectivity index (χ2v) is 5.94.